The maximum atomic E-state index is 13.6. The molecule has 0 spiro atoms. The molecule has 5 rings (SSSR count). The van der Waals surface area contributed by atoms with Crippen molar-refractivity contribution in [3.63, 3.8) is 0 Å². The Labute approximate surface area is 192 Å². The largest absolute Gasteiger partial charge is 0.422 e. The number of benzene rings is 2. The lowest BCUT2D eigenvalue weighted by molar-refractivity contribution is 0.0391. The van der Waals surface area contributed by atoms with Crippen LogP contribution in [0.3, 0.4) is 0 Å². The number of thiazole rings is 1. The normalized spacial score (nSPS) is 14.8. The predicted octanol–water partition coefficient (Wildman–Crippen LogP) is 4.04. The van der Waals surface area contributed by atoms with Crippen LogP contribution in [0, 0.1) is 0 Å². The van der Waals surface area contributed by atoms with E-state index in [-0.39, 0.29) is 5.56 Å². The van der Waals surface area contributed by atoms with Gasteiger partial charge in [-0.1, -0.05) is 47.2 Å². The van der Waals surface area contributed by atoms with Gasteiger partial charge in [-0.05, 0) is 24.3 Å². The van der Waals surface area contributed by atoms with Crippen molar-refractivity contribution >= 4 is 55.2 Å². The van der Waals surface area contributed by atoms with Crippen molar-refractivity contribution in [2.75, 3.05) is 44.3 Å². The second-order valence-corrected chi connectivity index (χ2v) is 8.90. The van der Waals surface area contributed by atoms with Crippen LogP contribution in [0.25, 0.3) is 21.2 Å². The van der Waals surface area contributed by atoms with Crippen LogP contribution in [-0.4, -0.2) is 55.2 Å². The van der Waals surface area contributed by atoms with Crippen LogP contribution in [-0.2, 0) is 4.74 Å². The van der Waals surface area contributed by atoms with E-state index in [0.29, 0.717) is 52.9 Å². The van der Waals surface area contributed by atoms with Crippen LogP contribution in [0.2, 0.25) is 5.02 Å². The van der Waals surface area contributed by atoms with Gasteiger partial charge in [-0.3, -0.25) is 14.6 Å². The molecule has 3 heterocycles. The number of ether oxygens (including phenoxy) is 1. The number of nitrogens with zero attached hydrogens (tertiary/aromatic N) is 3. The molecule has 4 aromatic rings. The van der Waals surface area contributed by atoms with Crippen LogP contribution in [0.4, 0.5) is 5.13 Å². The Morgan fingerprint density at radius 3 is 2.78 bits per heavy atom. The number of anilines is 1. The maximum absolute atomic E-state index is 13.6. The highest BCUT2D eigenvalue weighted by Crippen LogP contribution is 2.33. The zero-order chi connectivity index (χ0) is 22.1. The van der Waals surface area contributed by atoms with Crippen molar-refractivity contribution in [2.45, 2.75) is 0 Å². The highest BCUT2D eigenvalue weighted by Gasteiger charge is 2.26. The standard InChI is InChI=1S/C23H20ClN3O4S/c24-17-5-3-7-19-20(17)25-23(32-19)27(9-8-26-10-12-30-13-11-26)21(28)16-14-15-4-1-2-6-18(15)31-22(16)29/h1-7,14H,8-13H2. The van der Waals surface area contributed by atoms with E-state index >= 15 is 0 Å². The Balaban J connectivity index is 1.53. The van der Waals surface area contributed by atoms with Gasteiger partial charge in [-0.2, -0.15) is 0 Å². The Morgan fingerprint density at radius 1 is 1.16 bits per heavy atom. The molecular formula is C23H20ClN3O4S. The SMILES string of the molecule is O=C(c1cc2ccccc2oc1=O)N(CCN1CCOCC1)c1nc2c(Cl)cccc2s1. The first-order valence-electron chi connectivity index (χ1n) is 10.3. The van der Waals surface area contributed by atoms with E-state index in [2.05, 4.69) is 9.88 Å². The molecule has 0 N–H and O–H groups in total. The minimum atomic E-state index is -0.663. The van der Waals surface area contributed by atoms with Crippen molar-refractivity contribution in [1.29, 1.82) is 0 Å². The van der Waals surface area contributed by atoms with Gasteiger partial charge in [-0.15, -0.1) is 0 Å². The second-order valence-electron chi connectivity index (χ2n) is 7.48. The Kier molecular flexibility index (Phi) is 5.93. The zero-order valence-electron chi connectivity index (χ0n) is 17.1. The molecule has 0 aliphatic carbocycles. The van der Waals surface area contributed by atoms with E-state index in [9.17, 15) is 9.59 Å². The van der Waals surface area contributed by atoms with E-state index < -0.39 is 11.5 Å². The summed E-state index contributed by atoms with van der Waals surface area (Å²) in [5, 5.41) is 1.71. The van der Waals surface area contributed by atoms with Gasteiger partial charge < -0.3 is 9.15 Å². The average Bonchev–Trinajstić information content (AvgIpc) is 3.25. The van der Waals surface area contributed by atoms with Crippen LogP contribution in [0.15, 0.2) is 57.7 Å². The number of hydrogen-bond donors (Lipinski definition) is 0. The molecule has 32 heavy (non-hydrogen) atoms. The molecule has 1 saturated heterocycles. The number of halogens is 1. The third-order valence-corrected chi connectivity index (χ3v) is 6.80. The van der Waals surface area contributed by atoms with E-state index in [1.165, 1.54) is 11.3 Å². The number of morpholine rings is 1. The highest BCUT2D eigenvalue weighted by molar-refractivity contribution is 7.22. The van der Waals surface area contributed by atoms with Gasteiger partial charge in [0.25, 0.3) is 5.91 Å². The summed E-state index contributed by atoms with van der Waals surface area (Å²) >= 11 is 7.69. The van der Waals surface area contributed by atoms with Gasteiger partial charge in [-0.25, -0.2) is 9.78 Å². The number of carbonyl (C=O) groups is 1. The third-order valence-electron chi connectivity index (χ3n) is 5.45. The van der Waals surface area contributed by atoms with Crippen LogP contribution >= 0.6 is 22.9 Å². The molecule has 9 heteroatoms. The Morgan fingerprint density at radius 2 is 1.97 bits per heavy atom. The van der Waals surface area contributed by atoms with Crippen LogP contribution < -0.4 is 10.5 Å². The fourth-order valence-electron chi connectivity index (χ4n) is 3.73. The molecule has 7 nitrogen and oxygen atoms in total. The van der Waals surface area contributed by atoms with Gasteiger partial charge >= 0.3 is 5.63 Å². The third kappa shape index (κ3) is 4.14. The molecule has 2 aromatic carbocycles. The number of hydrogen-bond acceptors (Lipinski definition) is 7. The van der Waals surface area contributed by atoms with E-state index in [1.807, 2.05) is 24.3 Å². The van der Waals surface area contributed by atoms with Gasteiger partial charge in [0.15, 0.2) is 5.13 Å². The fourth-order valence-corrected chi connectivity index (χ4v) is 5.02. The molecule has 0 saturated carbocycles. The monoisotopic (exact) mass is 469 g/mol. The summed E-state index contributed by atoms with van der Waals surface area (Å²) in [6.07, 6.45) is 0. The molecule has 1 aliphatic heterocycles. The van der Waals surface area contributed by atoms with Crippen molar-refractivity contribution < 1.29 is 13.9 Å². The molecule has 1 fully saturated rings. The van der Waals surface area contributed by atoms with Gasteiger partial charge in [0.2, 0.25) is 0 Å². The van der Waals surface area contributed by atoms with Crippen molar-refractivity contribution in [2.24, 2.45) is 0 Å². The lowest BCUT2D eigenvalue weighted by atomic mass is 10.1. The number of carbonyl (C=O) groups excluding carboxylic acids is 1. The smallest absolute Gasteiger partial charge is 0.349 e. The molecule has 0 atom stereocenters. The number of para-hydroxylation sites is 2. The van der Waals surface area contributed by atoms with Crippen molar-refractivity contribution in [3.8, 4) is 0 Å². The molecule has 0 bridgehead atoms. The maximum Gasteiger partial charge on any atom is 0.349 e. The second kappa shape index (κ2) is 8.99. The van der Waals surface area contributed by atoms with Crippen molar-refractivity contribution in [1.82, 2.24) is 9.88 Å². The Bertz CT molecular complexity index is 1350. The first kappa shape index (κ1) is 21.1. The van der Waals surface area contributed by atoms with Crippen molar-refractivity contribution in [3.05, 3.63) is 69.5 Å². The van der Waals surface area contributed by atoms with Crippen LogP contribution in [0.5, 0.6) is 0 Å². The number of aromatic nitrogens is 1. The number of fused-ring (bicyclic) bond motifs is 2. The fraction of sp³-hybridized carbons (Fsp3) is 0.261. The van der Waals surface area contributed by atoms with Crippen LogP contribution in [0.1, 0.15) is 10.4 Å². The van der Waals surface area contributed by atoms with E-state index in [0.717, 1.165) is 17.8 Å². The first-order valence-corrected chi connectivity index (χ1v) is 11.5. The molecule has 1 amide bonds. The Hall–Kier alpha value is -2.78. The van der Waals surface area contributed by atoms with Gasteiger partial charge in [0.1, 0.15) is 16.7 Å². The number of amides is 1. The quantitative estimate of drug-likeness (QED) is 0.411. The summed E-state index contributed by atoms with van der Waals surface area (Å²) in [4.78, 5) is 34.7. The average molecular weight is 470 g/mol. The summed E-state index contributed by atoms with van der Waals surface area (Å²) in [5.74, 6) is -0.437. The lowest BCUT2D eigenvalue weighted by Crippen LogP contribution is -2.44. The number of rotatable bonds is 5. The van der Waals surface area contributed by atoms with E-state index in [4.69, 9.17) is 20.8 Å². The summed E-state index contributed by atoms with van der Waals surface area (Å²) in [7, 11) is 0. The molecule has 0 radical (unpaired) electrons. The van der Waals surface area contributed by atoms with Gasteiger partial charge in [0.05, 0.1) is 22.9 Å². The summed E-state index contributed by atoms with van der Waals surface area (Å²) < 4.78 is 11.7. The summed E-state index contributed by atoms with van der Waals surface area (Å²) in [5.41, 5.74) is 0.407. The zero-order valence-corrected chi connectivity index (χ0v) is 18.7. The molecule has 1 aliphatic rings. The molecular weight excluding hydrogens is 450 g/mol. The van der Waals surface area contributed by atoms with Gasteiger partial charge in [0, 0.05) is 31.6 Å². The highest BCUT2D eigenvalue weighted by atomic mass is 35.5. The summed E-state index contributed by atoms with van der Waals surface area (Å²) in [6.45, 7) is 3.94. The minimum Gasteiger partial charge on any atom is -0.422 e. The molecule has 164 valence electrons. The summed E-state index contributed by atoms with van der Waals surface area (Å²) in [6, 6.07) is 14.3. The molecule has 2 aromatic heterocycles. The topological polar surface area (TPSA) is 75.9 Å². The predicted molar refractivity (Wildman–Crippen MR) is 126 cm³/mol. The molecule has 0 unspecified atom stereocenters. The van der Waals surface area contributed by atoms with E-state index in [1.54, 1.807) is 29.2 Å². The lowest BCUT2D eigenvalue weighted by Gasteiger charge is -2.29. The minimum absolute atomic E-state index is 0.0176. The first-order chi connectivity index (χ1) is 15.6.